The van der Waals surface area contributed by atoms with Crippen molar-refractivity contribution in [1.82, 2.24) is 0 Å². The van der Waals surface area contributed by atoms with E-state index in [0.717, 1.165) is 10.8 Å². The van der Waals surface area contributed by atoms with E-state index in [1.165, 1.54) is 0 Å². The van der Waals surface area contributed by atoms with E-state index in [9.17, 15) is 0 Å². The summed E-state index contributed by atoms with van der Waals surface area (Å²) in [6, 6.07) is 26.0. The fraction of sp³-hybridized carbons (Fsp3) is 0.0833. The van der Waals surface area contributed by atoms with E-state index in [1.807, 2.05) is 36.4 Å². The maximum atomic E-state index is 5.85. The summed E-state index contributed by atoms with van der Waals surface area (Å²) >= 11 is 0. The van der Waals surface area contributed by atoms with Crippen molar-refractivity contribution in [2.45, 2.75) is 0 Å². The lowest BCUT2D eigenvalue weighted by atomic mass is 9.97. The average molecular weight is 392 g/mol. The van der Waals surface area contributed by atoms with Crippen LogP contribution in [0.1, 0.15) is 0 Å². The first-order chi connectivity index (χ1) is 14.7. The van der Waals surface area contributed by atoms with Crippen molar-refractivity contribution in [3.05, 3.63) is 84.9 Å². The second-order valence-corrected chi connectivity index (χ2v) is 6.60. The molecule has 0 bridgehead atoms. The maximum absolute atomic E-state index is 5.85. The molecule has 0 saturated carbocycles. The van der Waals surface area contributed by atoms with Crippen molar-refractivity contribution in [3.63, 3.8) is 0 Å². The molecule has 4 nitrogen and oxygen atoms in total. The van der Waals surface area contributed by atoms with E-state index in [2.05, 4.69) is 0 Å². The van der Waals surface area contributed by atoms with Crippen molar-refractivity contribution < 1.29 is 18.9 Å². The van der Waals surface area contributed by atoms with Gasteiger partial charge in [-0.25, -0.2) is 0 Å². The average Bonchev–Trinajstić information content (AvgIpc) is 2.76. The number of hydrogen-bond donors (Lipinski definition) is 0. The summed E-state index contributed by atoms with van der Waals surface area (Å²) in [5, 5.41) is 2.07. The molecule has 144 valence electrons. The highest BCUT2D eigenvalue weighted by Crippen LogP contribution is 2.33. The monoisotopic (exact) mass is 392 g/mol. The number of rotatable bonds is 8. The van der Waals surface area contributed by atoms with Gasteiger partial charge >= 0.3 is 0 Å². The fourth-order valence-corrected chi connectivity index (χ4v) is 2.87. The van der Waals surface area contributed by atoms with Crippen LogP contribution in [0.25, 0.3) is 10.8 Å². The zero-order valence-electron chi connectivity index (χ0n) is 16.3. The first-order valence-electron chi connectivity index (χ1n) is 9.42. The molecule has 0 saturated heterocycles. The number of hydrogen-bond acceptors (Lipinski definition) is 4. The fourth-order valence-electron chi connectivity index (χ4n) is 2.87. The zero-order chi connectivity index (χ0) is 20.8. The Bertz CT molecular complexity index is 1020. The Labute approximate surface area is 178 Å². The molecule has 4 rings (SSSR count). The molecule has 0 aromatic heterocycles. The smallest absolute Gasteiger partial charge is 0.231 e. The molecule has 30 heavy (non-hydrogen) atoms. The van der Waals surface area contributed by atoms with Gasteiger partial charge in [-0.2, -0.15) is 0 Å². The summed E-state index contributed by atoms with van der Waals surface area (Å²) in [7, 11) is 11.4. The van der Waals surface area contributed by atoms with Gasteiger partial charge in [-0.05, 0) is 47.2 Å². The summed E-state index contributed by atoms with van der Waals surface area (Å²) in [5.41, 5.74) is 1.35. The molecule has 0 fully saturated rings. The molecule has 0 aliphatic carbocycles. The standard InChI is InChI=1S/C24H18B2O4/c25-19-5-9-21(10-6-19)27-15-29-23-13-17-3-1-2-4-18(17)14-24(23)30-16-28-22-11-7-20(26)8-12-22/h1-14H,15-16H2. The van der Waals surface area contributed by atoms with E-state index in [0.29, 0.717) is 33.9 Å². The van der Waals surface area contributed by atoms with Crippen molar-refractivity contribution in [1.29, 1.82) is 0 Å². The van der Waals surface area contributed by atoms with Gasteiger partial charge in [0.2, 0.25) is 13.6 Å². The van der Waals surface area contributed by atoms with Gasteiger partial charge in [0.05, 0.1) is 0 Å². The predicted molar refractivity (Wildman–Crippen MR) is 120 cm³/mol. The van der Waals surface area contributed by atoms with Crippen LogP contribution in [0.4, 0.5) is 0 Å². The van der Waals surface area contributed by atoms with Crippen LogP contribution < -0.4 is 29.9 Å². The molecule has 0 atom stereocenters. The summed E-state index contributed by atoms with van der Waals surface area (Å²) in [6.07, 6.45) is 0. The van der Waals surface area contributed by atoms with E-state index in [-0.39, 0.29) is 13.6 Å². The van der Waals surface area contributed by atoms with Crippen LogP contribution in [-0.4, -0.2) is 29.3 Å². The van der Waals surface area contributed by atoms with Crippen LogP contribution in [-0.2, 0) is 0 Å². The first kappa shape index (κ1) is 19.8. The molecule has 0 aliphatic rings. The predicted octanol–water partition coefficient (Wildman–Crippen LogP) is 3.26. The molecular formula is C24H18B2O4. The highest BCUT2D eigenvalue weighted by Gasteiger charge is 2.09. The van der Waals surface area contributed by atoms with E-state index in [4.69, 9.17) is 34.6 Å². The highest BCUT2D eigenvalue weighted by atomic mass is 16.7. The van der Waals surface area contributed by atoms with Gasteiger partial charge in [-0.15, -0.1) is 0 Å². The molecule has 4 aromatic carbocycles. The lowest BCUT2D eigenvalue weighted by molar-refractivity contribution is 0.0948. The lowest BCUT2D eigenvalue weighted by Gasteiger charge is -2.15. The van der Waals surface area contributed by atoms with Crippen LogP contribution >= 0.6 is 0 Å². The molecule has 0 aliphatic heterocycles. The van der Waals surface area contributed by atoms with Crippen LogP contribution in [0, 0.1) is 0 Å². The first-order valence-corrected chi connectivity index (χ1v) is 9.42. The van der Waals surface area contributed by atoms with E-state index >= 15 is 0 Å². The second-order valence-electron chi connectivity index (χ2n) is 6.60. The third-order valence-corrected chi connectivity index (χ3v) is 4.45. The van der Waals surface area contributed by atoms with Crippen molar-refractivity contribution in [2.24, 2.45) is 0 Å². The Morgan fingerprint density at radius 3 is 1.30 bits per heavy atom. The zero-order valence-corrected chi connectivity index (χ0v) is 16.3. The van der Waals surface area contributed by atoms with Crippen LogP contribution in [0.2, 0.25) is 0 Å². The minimum Gasteiger partial charge on any atom is -0.457 e. The molecule has 0 amide bonds. The van der Waals surface area contributed by atoms with Gasteiger partial charge in [-0.3, -0.25) is 0 Å². The molecule has 0 N–H and O–H groups in total. The SMILES string of the molecule is [B]c1ccc(OCOc2cc3ccccc3cc2OCOc2ccc([B])cc2)cc1. The number of ether oxygens (including phenoxy) is 4. The normalized spacial score (nSPS) is 10.5. The van der Waals surface area contributed by atoms with Crippen molar-refractivity contribution in [2.75, 3.05) is 13.6 Å². The molecule has 0 heterocycles. The lowest BCUT2D eigenvalue weighted by Crippen LogP contribution is -2.10. The minimum absolute atomic E-state index is 0.0252. The van der Waals surface area contributed by atoms with Gasteiger partial charge in [-0.1, -0.05) is 59.5 Å². The minimum atomic E-state index is 0.0252. The third kappa shape index (κ3) is 5.09. The summed E-state index contributed by atoms with van der Waals surface area (Å²) in [4.78, 5) is 0. The van der Waals surface area contributed by atoms with Gasteiger partial charge in [0.25, 0.3) is 0 Å². The molecule has 4 aromatic rings. The largest absolute Gasteiger partial charge is 0.457 e. The Balaban J connectivity index is 1.45. The summed E-state index contributed by atoms with van der Waals surface area (Å²) < 4.78 is 23.0. The number of fused-ring (bicyclic) bond motifs is 1. The summed E-state index contributed by atoms with van der Waals surface area (Å²) in [6.45, 7) is 0.0505. The van der Waals surface area contributed by atoms with Crippen molar-refractivity contribution >= 4 is 37.4 Å². The van der Waals surface area contributed by atoms with Crippen LogP contribution in [0.3, 0.4) is 0 Å². The summed E-state index contributed by atoms with van der Waals surface area (Å²) in [5.74, 6) is 2.45. The Morgan fingerprint density at radius 2 is 0.900 bits per heavy atom. The highest BCUT2D eigenvalue weighted by molar-refractivity contribution is 6.32. The second kappa shape index (κ2) is 9.31. The van der Waals surface area contributed by atoms with Crippen LogP contribution in [0.5, 0.6) is 23.0 Å². The van der Waals surface area contributed by atoms with Crippen molar-refractivity contribution in [3.8, 4) is 23.0 Å². The number of benzene rings is 4. The Morgan fingerprint density at radius 1 is 0.500 bits per heavy atom. The van der Waals surface area contributed by atoms with Gasteiger partial charge in [0, 0.05) is 0 Å². The van der Waals surface area contributed by atoms with Gasteiger partial charge in [0.1, 0.15) is 27.2 Å². The van der Waals surface area contributed by atoms with Gasteiger partial charge in [0.15, 0.2) is 11.5 Å². The molecule has 6 heteroatoms. The van der Waals surface area contributed by atoms with Gasteiger partial charge < -0.3 is 18.9 Å². The topological polar surface area (TPSA) is 36.9 Å². The van der Waals surface area contributed by atoms with E-state index < -0.39 is 0 Å². The molecule has 4 radical (unpaired) electrons. The Kier molecular flexibility index (Phi) is 6.14. The quantitative estimate of drug-likeness (QED) is 0.341. The van der Waals surface area contributed by atoms with E-state index in [1.54, 1.807) is 48.5 Å². The molecule has 0 spiro atoms. The molecule has 0 unspecified atom stereocenters. The third-order valence-electron chi connectivity index (χ3n) is 4.45. The Hall–Kier alpha value is -3.53. The van der Waals surface area contributed by atoms with Crippen LogP contribution in [0.15, 0.2) is 84.9 Å². The molecular weight excluding hydrogens is 374 g/mol. The maximum Gasteiger partial charge on any atom is 0.231 e.